The van der Waals surface area contributed by atoms with E-state index in [4.69, 9.17) is 9.90 Å². The number of carbonyl (C=O) groups is 1. The van der Waals surface area contributed by atoms with Crippen LogP contribution < -0.4 is 10.2 Å². The molecule has 0 atom stereocenters. The standard InChI is InChI=1S/C18H30N6.C2HF3O2/c1-14(2)12-24(5)17-7-6-15(10-20-17)18-16(11-21-22-18)13-23(4)9-8-19-3;3-2(4,5)1(6)7/h6-7,10-11,14,19H,8-9,12-13H2,1-5H3,(H,21,22);(H,6,7). The summed E-state index contributed by atoms with van der Waals surface area (Å²) in [5.74, 6) is -1.14. The van der Waals surface area contributed by atoms with Crippen LogP contribution in [0.2, 0.25) is 0 Å². The molecule has 0 amide bonds. The molecule has 0 saturated carbocycles. The normalized spacial score (nSPS) is 11.4. The maximum atomic E-state index is 10.6. The Kier molecular flexibility index (Phi) is 10.4. The van der Waals surface area contributed by atoms with Crippen LogP contribution >= 0.6 is 0 Å². The lowest BCUT2D eigenvalue weighted by molar-refractivity contribution is -0.192. The molecular weight excluding hydrogens is 413 g/mol. The van der Waals surface area contributed by atoms with Crippen LogP contribution in [0.25, 0.3) is 11.3 Å². The highest BCUT2D eigenvalue weighted by Crippen LogP contribution is 2.23. The Morgan fingerprint density at radius 3 is 2.39 bits per heavy atom. The fraction of sp³-hybridized carbons (Fsp3) is 0.550. The lowest BCUT2D eigenvalue weighted by Gasteiger charge is -2.20. The van der Waals surface area contributed by atoms with Crippen molar-refractivity contribution in [2.24, 2.45) is 5.92 Å². The van der Waals surface area contributed by atoms with Gasteiger partial charge in [-0.2, -0.15) is 18.3 Å². The topological polar surface area (TPSA) is 97.4 Å². The molecule has 0 fully saturated rings. The van der Waals surface area contributed by atoms with Crippen molar-refractivity contribution in [1.29, 1.82) is 0 Å². The quantitative estimate of drug-likeness (QED) is 0.547. The third-order valence-corrected chi connectivity index (χ3v) is 4.21. The number of hydrogen-bond acceptors (Lipinski definition) is 6. The number of aromatic nitrogens is 3. The Morgan fingerprint density at radius 2 is 1.90 bits per heavy atom. The van der Waals surface area contributed by atoms with E-state index in [9.17, 15) is 13.2 Å². The van der Waals surface area contributed by atoms with E-state index in [1.165, 1.54) is 5.56 Å². The first-order valence-corrected chi connectivity index (χ1v) is 9.78. The van der Waals surface area contributed by atoms with Crippen LogP contribution in [-0.2, 0) is 11.3 Å². The van der Waals surface area contributed by atoms with E-state index in [1.54, 1.807) is 0 Å². The number of halogens is 3. The zero-order valence-electron chi connectivity index (χ0n) is 18.5. The SMILES string of the molecule is CNCCN(C)Cc1cn[nH]c1-c1ccc(N(C)CC(C)C)nc1.O=C(O)C(F)(F)F. The number of pyridine rings is 1. The number of hydrogen-bond donors (Lipinski definition) is 3. The predicted octanol–water partition coefficient (Wildman–Crippen LogP) is 2.85. The summed E-state index contributed by atoms with van der Waals surface area (Å²) < 4.78 is 31.7. The predicted molar refractivity (Wildman–Crippen MR) is 114 cm³/mol. The second-order valence-electron chi connectivity index (χ2n) is 7.59. The van der Waals surface area contributed by atoms with Crippen molar-refractivity contribution in [1.82, 2.24) is 25.4 Å². The monoisotopic (exact) mass is 444 g/mol. The number of aliphatic carboxylic acids is 1. The third kappa shape index (κ3) is 9.35. The van der Waals surface area contributed by atoms with Crippen molar-refractivity contribution in [3.05, 3.63) is 30.1 Å². The van der Waals surface area contributed by atoms with E-state index in [-0.39, 0.29) is 0 Å². The van der Waals surface area contributed by atoms with Crippen molar-refractivity contribution < 1.29 is 23.1 Å². The van der Waals surface area contributed by atoms with Crippen LogP contribution in [0.3, 0.4) is 0 Å². The fourth-order valence-corrected chi connectivity index (χ4v) is 2.75. The minimum absolute atomic E-state index is 0.615. The van der Waals surface area contributed by atoms with Crippen LogP contribution in [0.15, 0.2) is 24.5 Å². The molecule has 2 rings (SSSR count). The van der Waals surface area contributed by atoms with Gasteiger partial charge >= 0.3 is 12.1 Å². The first-order chi connectivity index (χ1) is 14.5. The number of nitrogens with one attached hydrogen (secondary N) is 2. The Morgan fingerprint density at radius 1 is 1.26 bits per heavy atom. The minimum atomic E-state index is -5.08. The number of nitrogens with zero attached hydrogens (tertiary/aromatic N) is 4. The highest BCUT2D eigenvalue weighted by molar-refractivity contribution is 5.73. The average molecular weight is 445 g/mol. The molecular formula is C20H31F3N6O2. The van der Waals surface area contributed by atoms with E-state index < -0.39 is 12.1 Å². The summed E-state index contributed by atoms with van der Waals surface area (Å²) in [5.41, 5.74) is 3.32. The highest BCUT2D eigenvalue weighted by atomic mass is 19.4. The summed E-state index contributed by atoms with van der Waals surface area (Å²) >= 11 is 0. The molecule has 0 bridgehead atoms. The molecule has 0 unspecified atom stereocenters. The van der Waals surface area contributed by atoms with Gasteiger partial charge < -0.3 is 20.2 Å². The number of carboxylic acid groups (broad SMARTS) is 1. The van der Waals surface area contributed by atoms with Gasteiger partial charge in [-0.3, -0.25) is 5.10 Å². The Bertz CT molecular complexity index is 793. The van der Waals surface area contributed by atoms with Gasteiger partial charge in [0.05, 0.1) is 11.9 Å². The zero-order valence-corrected chi connectivity index (χ0v) is 18.5. The number of rotatable bonds is 9. The number of aromatic amines is 1. The van der Waals surface area contributed by atoms with Crippen LogP contribution in [0, 0.1) is 5.92 Å². The van der Waals surface area contributed by atoms with Gasteiger partial charge in [0.1, 0.15) is 5.82 Å². The van der Waals surface area contributed by atoms with Gasteiger partial charge in [0, 0.05) is 50.6 Å². The smallest absolute Gasteiger partial charge is 0.475 e. The van der Waals surface area contributed by atoms with Crippen molar-refractivity contribution in [2.45, 2.75) is 26.6 Å². The largest absolute Gasteiger partial charge is 0.490 e. The van der Waals surface area contributed by atoms with Gasteiger partial charge in [0.25, 0.3) is 0 Å². The summed E-state index contributed by atoms with van der Waals surface area (Å²) in [7, 11) is 6.18. The summed E-state index contributed by atoms with van der Waals surface area (Å²) in [6.07, 6.45) is -1.25. The molecule has 11 heteroatoms. The molecule has 0 aromatic carbocycles. The Labute approximate surface area is 180 Å². The van der Waals surface area contributed by atoms with Gasteiger partial charge in [-0.25, -0.2) is 9.78 Å². The van der Waals surface area contributed by atoms with Gasteiger partial charge in [0.2, 0.25) is 0 Å². The number of likely N-dealkylation sites (N-methyl/N-ethyl adjacent to an activating group) is 2. The number of alkyl halides is 3. The van der Waals surface area contributed by atoms with E-state index in [2.05, 4.69) is 70.4 Å². The second kappa shape index (κ2) is 12.3. The average Bonchev–Trinajstić information content (AvgIpc) is 3.13. The summed E-state index contributed by atoms with van der Waals surface area (Å²) in [6, 6.07) is 4.19. The van der Waals surface area contributed by atoms with Gasteiger partial charge in [-0.05, 0) is 32.1 Å². The fourth-order valence-electron chi connectivity index (χ4n) is 2.75. The molecule has 2 heterocycles. The first kappa shape index (κ1) is 26.4. The summed E-state index contributed by atoms with van der Waals surface area (Å²) in [6.45, 7) is 8.26. The summed E-state index contributed by atoms with van der Waals surface area (Å²) in [5, 5.41) is 17.6. The molecule has 8 nitrogen and oxygen atoms in total. The summed E-state index contributed by atoms with van der Waals surface area (Å²) in [4.78, 5) is 18.0. The molecule has 31 heavy (non-hydrogen) atoms. The van der Waals surface area contributed by atoms with Crippen molar-refractivity contribution in [3.8, 4) is 11.3 Å². The van der Waals surface area contributed by atoms with Crippen molar-refractivity contribution in [3.63, 3.8) is 0 Å². The number of carboxylic acids is 1. The number of anilines is 1. The van der Waals surface area contributed by atoms with Gasteiger partial charge in [-0.1, -0.05) is 13.8 Å². The molecule has 0 aliphatic carbocycles. The van der Waals surface area contributed by atoms with Crippen molar-refractivity contribution >= 4 is 11.8 Å². The van der Waals surface area contributed by atoms with E-state index in [0.29, 0.717) is 5.92 Å². The molecule has 0 radical (unpaired) electrons. The molecule has 174 valence electrons. The first-order valence-electron chi connectivity index (χ1n) is 9.78. The third-order valence-electron chi connectivity index (χ3n) is 4.21. The minimum Gasteiger partial charge on any atom is -0.475 e. The molecule has 0 saturated heterocycles. The lowest BCUT2D eigenvalue weighted by atomic mass is 10.1. The maximum Gasteiger partial charge on any atom is 0.490 e. The van der Waals surface area contributed by atoms with Gasteiger partial charge in [-0.15, -0.1) is 0 Å². The van der Waals surface area contributed by atoms with Gasteiger partial charge in [0.15, 0.2) is 0 Å². The van der Waals surface area contributed by atoms with Crippen molar-refractivity contribution in [2.75, 3.05) is 45.7 Å². The highest BCUT2D eigenvalue weighted by Gasteiger charge is 2.38. The van der Waals surface area contributed by atoms with E-state index >= 15 is 0 Å². The molecule has 0 aliphatic rings. The van der Waals surface area contributed by atoms with Crippen LogP contribution in [-0.4, -0.2) is 78.1 Å². The second-order valence-corrected chi connectivity index (χ2v) is 7.59. The van der Waals surface area contributed by atoms with Crippen LogP contribution in [0.5, 0.6) is 0 Å². The Hall–Kier alpha value is -2.66. The number of H-pyrrole nitrogens is 1. The van der Waals surface area contributed by atoms with E-state index in [0.717, 1.165) is 43.3 Å². The molecule has 0 spiro atoms. The maximum absolute atomic E-state index is 10.6. The van der Waals surface area contributed by atoms with E-state index in [1.807, 2.05) is 19.4 Å². The van der Waals surface area contributed by atoms with Crippen LogP contribution in [0.4, 0.5) is 19.0 Å². The Balaban J connectivity index is 0.000000592. The van der Waals surface area contributed by atoms with Crippen LogP contribution in [0.1, 0.15) is 19.4 Å². The molecule has 2 aromatic heterocycles. The molecule has 0 aliphatic heterocycles. The molecule has 3 N–H and O–H groups in total. The lowest BCUT2D eigenvalue weighted by Crippen LogP contribution is -2.27. The molecule has 2 aromatic rings. The zero-order chi connectivity index (χ0) is 23.6.